The Morgan fingerprint density at radius 1 is 1.07 bits per heavy atom. The minimum Gasteiger partial charge on any atom is -0.454 e. The number of hydrogen-bond acceptors (Lipinski definition) is 5. The molecule has 2 aromatic carbocycles. The van der Waals surface area contributed by atoms with Gasteiger partial charge in [0.25, 0.3) is 17.4 Å². The first kappa shape index (κ1) is 27.9. The Hall–Kier alpha value is -3.70. The standard InChI is InChI=1S/C29H26F4N2O4S/c1-28(2,38)16-5-7-22(39-23-8-6-17(30)12-21(23)31)18(11-16)20-14-34(3)27(37)25-19(20)13-24(40-25)26(36)35-10-4-9-29(32,33)15-35/h5-8,11-14,38H,4,9-10,15H2,1-3H3. The number of aryl methyl sites for hydroxylation is 1. The highest BCUT2D eigenvalue weighted by molar-refractivity contribution is 7.20. The van der Waals surface area contributed by atoms with Crippen LogP contribution in [0.2, 0.25) is 0 Å². The molecule has 2 aromatic heterocycles. The van der Waals surface area contributed by atoms with Crippen molar-refractivity contribution in [3.8, 4) is 22.6 Å². The molecule has 1 fully saturated rings. The number of rotatable bonds is 5. The first-order valence-corrected chi connectivity index (χ1v) is 13.4. The van der Waals surface area contributed by atoms with E-state index in [9.17, 15) is 32.3 Å². The first-order chi connectivity index (χ1) is 18.7. The van der Waals surface area contributed by atoms with Crippen molar-refractivity contribution in [3.05, 3.63) is 81.1 Å². The van der Waals surface area contributed by atoms with Gasteiger partial charge in [-0.25, -0.2) is 17.6 Å². The maximum Gasteiger partial charge on any atom is 0.268 e. The van der Waals surface area contributed by atoms with Gasteiger partial charge in [0.15, 0.2) is 11.6 Å². The van der Waals surface area contributed by atoms with Gasteiger partial charge in [0, 0.05) is 48.8 Å². The summed E-state index contributed by atoms with van der Waals surface area (Å²) >= 11 is 0.911. The number of nitrogens with zero attached hydrogens (tertiary/aromatic N) is 2. The van der Waals surface area contributed by atoms with Gasteiger partial charge in [-0.1, -0.05) is 6.07 Å². The van der Waals surface area contributed by atoms with E-state index >= 15 is 0 Å². The summed E-state index contributed by atoms with van der Waals surface area (Å²) in [5, 5.41) is 11.1. The summed E-state index contributed by atoms with van der Waals surface area (Å²) in [7, 11) is 1.53. The second kappa shape index (κ2) is 10.0. The van der Waals surface area contributed by atoms with Crippen LogP contribution < -0.4 is 10.3 Å². The molecule has 1 aliphatic heterocycles. The van der Waals surface area contributed by atoms with Crippen LogP contribution in [0.4, 0.5) is 17.6 Å². The van der Waals surface area contributed by atoms with Crippen molar-refractivity contribution in [3.63, 3.8) is 0 Å². The number of fused-ring (bicyclic) bond motifs is 1. The normalized spacial score (nSPS) is 15.4. The number of hydrogen-bond donors (Lipinski definition) is 1. The molecule has 0 aliphatic carbocycles. The van der Waals surface area contributed by atoms with E-state index in [1.807, 2.05) is 0 Å². The van der Waals surface area contributed by atoms with E-state index in [2.05, 4.69) is 0 Å². The van der Waals surface area contributed by atoms with Gasteiger partial charge in [-0.2, -0.15) is 0 Å². The van der Waals surface area contributed by atoms with Crippen LogP contribution in [0.15, 0.2) is 53.5 Å². The Kier molecular flexibility index (Phi) is 6.99. The van der Waals surface area contributed by atoms with Gasteiger partial charge in [0.1, 0.15) is 16.3 Å². The third-order valence-electron chi connectivity index (χ3n) is 6.84. The molecule has 0 unspecified atom stereocenters. The number of aliphatic hydroxyl groups is 1. The summed E-state index contributed by atoms with van der Waals surface area (Å²) in [6.07, 6.45) is 1.40. The molecule has 0 radical (unpaired) electrons. The fourth-order valence-corrected chi connectivity index (χ4v) is 5.86. The van der Waals surface area contributed by atoms with E-state index in [-0.39, 0.29) is 40.5 Å². The number of aromatic nitrogens is 1. The monoisotopic (exact) mass is 574 g/mol. The molecule has 0 atom stereocenters. The average Bonchev–Trinajstić information content (AvgIpc) is 3.32. The van der Waals surface area contributed by atoms with Crippen molar-refractivity contribution >= 4 is 27.3 Å². The number of alkyl halides is 2. The SMILES string of the molecule is Cn1cc(-c2cc(C(C)(C)O)ccc2Oc2ccc(F)cc2F)c2cc(C(=O)N3CCCC(F)(F)C3)sc2c1=O. The Balaban J connectivity index is 1.68. The number of likely N-dealkylation sites (tertiary alicyclic amines) is 1. The van der Waals surface area contributed by atoms with Gasteiger partial charge in [-0.3, -0.25) is 9.59 Å². The van der Waals surface area contributed by atoms with Gasteiger partial charge in [0.05, 0.1) is 17.0 Å². The highest BCUT2D eigenvalue weighted by atomic mass is 32.1. The zero-order valence-corrected chi connectivity index (χ0v) is 22.8. The number of piperidine rings is 1. The number of carbonyl (C=O) groups is 1. The number of carbonyl (C=O) groups excluding carboxylic acids is 1. The van der Waals surface area contributed by atoms with E-state index in [0.717, 1.165) is 28.4 Å². The smallest absolute Gasteiger partial charge is 0.268 e. The molecule has 3 heterocycles. The number of amides is 1. The number of thiophene rings is 1. The molecular weight excluding hydrogens is 548 g/mol. The van der Waals surface area contributed by atoms with Gasteiger partial charge in [0.2, 0.25) is 0 Å². The zero-order chi connectivity index (χ0) is 29.0. The van der Waals surface area contributed by atoms with Gasteiger partial charge < -0.3 is 19.3 Å². The molecule has 6 nitrogen and oxygen atoms in total. The number of halogens is 4. The van der Waals surface area contributed by atoms with Gasteiger partial charge in [-0.05, 0) is 56.2 Å². The maximum atomic E-state index is 14.5. The molecule has 11 heteroatoms. The van der Waals surface area contributed by atoms with Crippen LogP contribution in [0.3, 0.4) is 0 Å². The maximum absolute atomic E-state index is 14.5. The fourth-order valence-electron chi connectivity index (χ4n) is 4.73. The summed E-state index contributed by atoms with van der Waals surface area (Å²) in [5.74, 6) is -5.37. The number of pyridine rings is 1. The van der Waals surface area contributed by atoms with Crippen LogP contribution in [0.25, 0.3) is 21.2 Å². The molecule has 1 saturated heterocycles. The summed E-state index contributed by atoms with van der Waals surface area (Å²) in [6.45, 7) is 2.65. The van der Waals surface area contributed by atoms with Crippen molar-refractivity contribution in [1.82, 2.24) is 9.47 Å². The van der Waals surface area contributed by atoms with E-state index in [1.54, 1.807) is 26.0 Å². The summed E-state index contributed by atoms with van der Waals surface area (Å²) in [6, 6.07) is 9.12. The van der Waals surface area contributed by atoms with Crippen LogP contribution in [-0.4, -0.2) is 39.5 Å². The quantitative estimate of drug-likeness (QED) is 0.279. The Morgan fingerprint density at radius 3 is 2.48 bits per heavy atom. The Bertz CT molecular complexity index is 1690. The van der Waals surface area contributed by atoms with Gasteiger partial charge in [-0.15, -0.1) is 11.3 Å². The summed E-state index contributed by atoms with van der Waals surface area (Å²) < 4.78 is 63.4. The molecule has 210 valence electrons. The molecule has 4 aromatic rings. The van der Waals surface area contributed by atoms with Crippen LogP contribution in [0, 0.1) is 11.6 Å². The largest absolute Gasteiger partial charge is 0.454 e. The second-order valence-corrected chi connectivity index (χ2v) is 11.5. The van der Waals surface area contributed by atoms with Crippen LogP contribution in [-0.2, 0) is 12.6 Å². The number of ether oxygens (including phenoxy) is 1. The van der Waals surface area contributed by atoms with E-state index in [4.69, 9.17) is 4.74 Å². The molecule has 1 aliphatic rings. The van der Waals surface area contributed by atoms with E-state index in [0.29, 0.717) is 28.1 Å². The zero-order valence-electron chi connectivity index (χ0n) is 21.9. The van der Waals surface area contributed by atoms with E-state index in [1.165, 1.54) is 29.9 Å². The first-order valence-electron chi connectivity index (χ1n) is 12.5. The fraction of sp³-hybridized carbons (Fsp3) is 0.310. The molecule has 5 rings (SSSR count). The lowest BCUT2D eigenvalue weighted by molar-refractivity contribution is -0.0559. The second-order valence-electron chi connectivity index (χ2n) is 10.4. The predicted molar refractivity (Wildman–Crippen MR) is 144 cm³/mol. The van der Waals surface area contributed by atoms with Crippen LogP contribution in [0.5, 0.6) is 11.5 Å². The minimum absolute atomic E-state index is 0.128. The van der Waals surface area contributed by atoms with Gasteiger partial charge >= 0.3 is 0 Å². The molecular formula is C29H26F4N2O4S. The molecule has 1 amide bonds. The molecule has 0 saturated carbocycles. The third-order valence-corrected chi connectivity index (χ3v) is 7.95. The van der Waals surface area contributed by atoms with Crippen molar-refractivity contribution in [1.29, 1.82) is 0 Å². The summed E-state index contributed by atoms with van der Waals surface area (Å²) in [5.41, 5.74) is -0.384. The van der Waals surface area contributed by atoms with Crippen molar-refractivity contribution in [2.24, 2.45) is 7.05 Å². The Labute approximate surface area is 231 Å². The van der Waals surface area contributed by atoms with Crippen molar-refractivity contribution in [2.45, 2.75) is 38.2 Å². The predicted octanol–water partition coefficient (Wildman–Crippen LogP) is 6.44. The molecule has 1 N–H and O–H groups in total. The topological polar surface area (TPSA) is 71.8 Å². The minimum atomic E-state index is -2.98. The van der Waals surface area contributed by atoms with Crippen molar-refractivity contribution < 1.29 is 32.2 Å². The Morgan fingerprint density at radius 2 is 1.80 bits per heavy atom. The summed E-state index contributed by atoms with van der Waals surface area (Å²) in [4.78, 5) is 27.5. The lowest BCUT2D eigenvalue weighted by Gasteiger charge is -2.32. The third kappa shape index (κ3) is 5.35. The number of benzene rings is 2. The van der Waals surface area contributed by atoms with Crippen LogP contribution >= 0.6 is 11.3 Å². The lowest BCUT2D eigenvalue weighted by Crippen LogP contribution is -2.45. The lowest BCUT2D eigenvalue weighted by atomic mass is 9.93. The van der Waals surface area contributed by atoms with Crippen molar-refractivity contribution in [2.75, 3.05) is 13.1 Å². The molecule has 40 heavy (non-hydrogen) atoms. The highest BCUT2D eigenvalue weighted by Gasteiger charge is 2.38. The molecule has 0 bridgehead atoms. The average molecular weight is 575 g/mol. The highest BCUT2D eigenvalue weighted by Crippen LogP contribution is 2.41. The molecule has 0 spiro atoms. The van der Waals surface area contributed by atoms with Crippen LogP contribution in [0.1, 0.15) is 41.9 Å². The van der Waals surface area contributed by atoms with E-state index < -0.39 is 41.2 Å².